The van der Waals surface area contributed by atoms with Crippen molar-refractivity contribution in [3.05, 3.63) is 12.3 Å². The first-order chi connectivity index (χ1) is 7.00. The minimum absolute atomic E-state index is 0.0984. The van der Waals surface area contributed by atoms with Crippen molar-refractivity contribution in [3.8, 4) is 0 Å². The van der Waals surface area contributed by atoms with Crippen LogP contribution in [0.5, 0.6) is 0 Å². The summed E-state index contributed by atoms with van der Waals surface area (Å²) in [5, 5.41) is 6.17. The fourth-order valence-electron chi connectivity index (χ4n) is 1.25. The average Bonchev–Trinajstić information content (AvgIpc) is 2.66. The fourth-order valence-corrected chi connectivity index (χ4v) is 3.07. The summed E-state index contributed by atoms with van der Waals surface area (Å²) in [5.74, 6) is 0.269. The van der Waals surface area contributed by atoms with Crippen LogP contribution in [0.15, 0.2) is 17.3 Å². The Morgan fingerprint density at radius 1 is 1.60 bits per heavy atom. The highest BCUT2D eigenvalue weighted by Crippen LogP contribution is 2.15. The second kappa shape index (κ2) is 4.96. The van der Waals surface area contributed by atoms with E-state index in [4.69, 9.17) is 11.6 Å². The van der Waals surface area contributed by atoms with Crippen LogP contribution in [0.4, 0.5) is 0 Å². The summed E-state index contributed by atoms with van der Waals surface area (Å²) in [6.45, 7) is 3.90. The van der Waals surface area contributed by atoms with Crippen LogP contribution in [-0.2, 0) is 10.0 Å². The predicted molar refractivity (Wildman–Crippen MR) is 58.3 cm³/mol. The van der Waals surface area contributed by atoms with Gasteiger partial charge in [0.15, 0.2) is 5.03 Å². The van der Waals surface area contributed by atoms with Gasteiger partial charge in [0, 0.05) is 18.5 Å². The molecule has 0 atom stereocenters. The van der Waals surface area contributed by atoms with Gasteiger partial charge in [0.25, 0.3) is 10.0 Å². The molecule has 0 bridgehead atoms. The third-order valence-corrected chi connectivity index (χ3v) is 4.12. The molecule has 0 aliphatic carbocycles. The van der Waals surface area contributed by atoms with Crippen LogP contribution < -0.4 is 0 Å². The summed E-state index contributed by atoms with van der Waals surface area (Å²) < 4.78 is 25.4. The van der Waals surface area contributed by atoms with Crippen molar-refractivity contribution < 1.29 is 8.42 Å². The molecule has 0 spiro atoms. The van der Waals surface area contributed by atoms with Gasteiger partial charge in [-0.15, -0.1) is 11.6 Å². The number of halogens is 1. The highest BCUT2D eigenvalue weighted by Gasteiger charge is 2.27. The Morgan fingerprint density at radius 2 is 2.27 bits per heavy atom. The van der Waals surface area contributed by atoms with Crippen molar-refractivity contribution in [2.24, 2.45) is 0 Å². The number of aromatic nitrogens is 2. The quantitative estimate of drug-likeness (QED) is 0.796. The van der Waals surface area contributed by atoms with E-state index < -0.39 is 10.0 Å². The molecular formula is C8H14ClN3O2S. The second-order valence-electron chi connectivity index (χ2n) is 3.32. The van der Waals surface area contributed by atoms with E-state index in [0.29, 0.717) is 6.54 Å². The van der Waals surface area contributed by atoms with E-state index in [9.17, 15) is 8.42 Å². The zero-order valence-electron chi connectivity index (χ0n) is 8.64. The molecule has 86 valence electrons. The van der Waals surface area contributed by atoms with Crippen LogP contribution in [0.1, 0.15) is 13.8 Å². The van der Waals surface area contributed by atoms with Gasteiger partial charge in [0.2, 0.25) is 0 Å². The zero-order chi connectivity index (χ0) is 11.5. The summed E-state index contributed by atoms with van der Waals surface area (Å²) in [6.07, 6.45) is 1.41. The zero-order valence-corrected chi connectivity index (χ0v) is 10.2. The molecule has 0 aliphatic heterocycles. The first-order valence-electron chi connectivity index (χ1n) is 4.57. The Morgan fingerprint density at radius 3 is 2.67 bits per heavy atom. The summed E-state index contributed by atoms with van der Waals surface area (Å²) in [7, 11) is -3.49. The van der Waals surface area contributed by atoms with E-state index in [-0.39, 0.29) is 16.9 Å². The Bertz CT molecular complexity index is 388. The lowest BCUT2D eigenvalue weighted by molar-refractivity contribution is 0.369. The highest BCUT2D eigenvalue weighted by molar-refractivity contribution is 7.89. The van der Waals surface area contributed by atoms with Gasteiger partial charge in [-0.25, -0.2) is 8.42 Å². The standard InChI is InChI=1S/C8H14ClN3O2S/c1-7(2)12(6-4-9)15(13,14)8-3-5-10-11-8/h3,5,7H,4,6H2,1-2H3,(H,10,11). The van der Waals surface area contributed by atoms with Gasteiger partial charge in [-0.2, -0.15) is 9.40 Å². The maximum absolute atomic E-state index is 12.0. The van der Waals surface area contributed by atoms with Crippen LogP contribution >= 0.6 is 11.6 Å². The highest BCUT2D eigenvalue weighted by atomic mass is 35.5. The molecule has 5 nitrogen and oxygen atoms in total. The topological polar surface area (TPSA) is 66.1 Å². The Hall–Kier alpha value is -0.590. The van der Waals surface area contributed by atoms with Crippen molar-refractivity contribution >= 4 is 21.6 Å². The molecular weight excluding hydrogens is 238 g/mol. The molecule has 0 aromatic carbocycles. The fraction of sp³-hybridized carbons (Fsp3) is 0.625. The van der Waals surface area contributed by atoms with Crippen LogP contribution in [0.25, 0.3) is 0 Å². The molecule has 1 aromatic rings. The van der Waals surface area contributed by atoms with E-state index in [1.165, 1.54) is 16.6 Å². The molecule has 0 fully saturated rings. The summed E-state index contributed by atoms with van der Waals surface area (Å²) in [6, 6.07) is 1.30. The first kappa shape index (κ1) is 12.5. The van der Waals surface area contributed by atoms with Crippen LogP contribution in [0.3, 0.4) is 0 Å². The maximum atomic E-state index is 12.0. The molecule has 1 aromatic heterocycles. The average molecular weight is 252 g/mol. The van der Waals surface area contributed by atoms with Gasteiger partial charge < -0.3 is 0 Å². The number of H-pyrrole nitrogens is 1. The summed E-state index contributed by atoms with van der Waals surface area (Å²) >= 11 is 5.58. The van der Waals surface area contributed by atoms with E-state index >= 15 is 0 Å². The Balaban J connectivity index is 3.02. The molecule has 7 heteroatoms. The number of hydrogen-bond donors (Lipinski definition) is 1. The molecule has 15 heavy (non-hydrogen) atoms. The number of nitrogens with zero attached hydrogens (tertiary/aromatic N) is 2. The monoisotopic (exact) mass is 251 g/mol. The summed E-state index contributed by atoms with van der Waals surface area (Å²) in [4.78, 5) is 0. The van der Waals surface area contributed by atoms with Crippen molar-refractivity contribution in [1.82, 2.24) is 14.5 Å². The number of rotatable bonds is 5. The van der Waals surface area contributed by atoms with E-state index in [2.05, 4.69) is 10.2 Å². The third-order valence-electron chi connectivity index (χ3n) is 1.94. The molecule has 0 radical (unpaired) electrons. The van der Waals surface area contributed by atoms with E-state index in [0.717, 1.165) is 0 Å². The lowest BCUT2D eigenvalue weighted by Crippen LogP contribution is -2.38. The Kier molecular flexibility index (Phi) is 4.12. The second-order valence-corrected chi connectivity index (χ2v) is 5.56. The number of aromatic amines is 1. The molecule has 0 aliphatic rings. The van der Waals surface area contributed by atoms with Gasteiger partial charge in [0.05, 0.1) is 6.20 Å². The third kappa shape index (κ3) is 2.70. The molecule has 1 heterocycles. The minimum Gasteiger partial charge on any atom is -0.266 e. The number of hydrogen-bond acceptors (Lipinski definition) is 3. The van der Waals surface area contributed by atoms with E-state index in [1.54, 1.807) is 13.8 Å². The normalized spacial score (nSPS) is 12.6. The van der Waals surface area contributed by atoms with Crippen LogP contribution in [0.2, 0.25) is 0 Å². The SMILES string of the molecule is CC(C)N(CCCl)S(=O)(=O)c1ccn[nH]1. The maximum Gasteiger partial charge on any atom is 0.260 e. The van der Waals surface area contributed by atoms with Crippen LogP contribution in [-0.4, -0.2) is 41.4 Å². The van der Waals surface area contributed by atoms with E-state index in [1.807, 2.05) is 0 Å². The Labute approximate surface area is 94.5 Å². The van der Waals surface area contributed by atoms with Crippen molar-refractivity contribution in [2.45, 2.75) is 24.9 Å². The molecule has 0 unspecified atom stereocenters. The molecule has 1 N–H and O–H groups in total. The van der Waals surface area contributed by atoms with Gasteiger partial charge in [-0.1, -0.05) is 0 Å². The van der Waals surface area contributed by atoms with Crippen LogP contribution in [0, 0.1) is 0 Å². The molecule has 0 saturated heterocycles. The minimum atomic E-state index is -3.49. The molecule has 0 saturated carbocycles. The van der Waals surface area contributed by atoms with Gasteiger partial charge in [0.1, 0.15) is 0 Å². The van der Waals surface area contributed by atoms with Crippen molar-refractivity contribution in [2.75, 3.05) is 12.4 Å². The van der Waals surface area contributed by atoms with Crippen molar-refractivity contribution in [1.29, 1.82) is 0 Å². The lowest BCUT2D eigenvalue weighted by Gasteiger charge is -2.23. The van der Waals surface area contributed by atoms with Gasteiger partial charge in [-0.3, -0.25) is 5.10 Å². The number of sulfonamides is 1. The molecule has 0 amide bonds. The summed E-state index contributed by atoms with van der Waals surface area (Å²) in [5.41, 5.74) is 0. The smallest absolute Gasteiger partial charge is 0.260 e. The first-order valence-corrected chi connectivity index (χ1v) is 6.54. The largest absolute Gasteiger partial charge is 0.266 e. The molecule has 1 rings (SSSR count). The number of alkyl halides is 1. The van der Waals surface area contributed by atoms with Gasteiger partial charge in [-0.05, 0) is 19.9 Å². The predicted octanol–water partition coefficient (Wildman–Crippen LogP) is 1.05. The van der Waals surface area contributed by atoms with Crippen molar-refractivity contribution in [3.63, 3.8) is 0 Å². The van der Waals surface area contributed by atoms with Gasteiger partial charge >= 0.3 is 0 Å². The number of nitrogens with one attached hydrogen (secondary N) is 1. The lowest BCUT2D eigenvalue weighted by atomic mass is 10.4.